The molecule has 1 unspecified atom stereocenters. The Bertz CT molecular complexity index is 544. The molecule has 0 radical (unpaired) electrons. The summed E-state index contributed by atoms with van der Waals surface area (Å²) in [6.07, 6.45) is -0.0538. The van der Waals surface area contributed by atoms with Crippen LogP contribution in [0, 0.1) is 18.8 Å². The number of benzene rings is 2. The summed E-state index contributed by atoms with van der Waals surface area (Å²) in [4.78, 5) is 0. The predicted octanol–water partition coefficient (Wildman–Crippen LogP) is 3.47. The van der Waals surface area contributed by atoms with Crippen molar-refractivity contribution in [2.45, 2.75) is 19.4 Å². The molecule has 2 rings (SSSR count). The SMILES string of the molecule is Cc1ccc(C#CCC(O)c2ccccc2)cc1. The summed E-state index contributed by atoms with van der Waals surface area (Å²) in [6.45, 7) is 2.05. The summed E-state index contributed by atoms with van der Waals surface area (Å²) in [5, 5.41) is 9.94. The van der Waals surface area contributed by atoms with Crippen LogP contribution in [0.5, 0.6) is 0 Å². The Morgan fingerprint density at radius 3 is 2.33 bits per heavy atom. The first kappa shape index (κ1) is 12.4. The first-order valence-electron chi connectivity index (χ1n) is 6.04. The average Bonchev–Trinajstić information content (AvgIpc) is 2.42. The molecule has 2 aromatic carbocycles. The summed E-state index contributed by atoms with van der Waals surface area (Å²) in [5.41, 5.74) is 3.13. The normalized spacial score (nSPS) is 11.4. The Labute approximate surface area is 108 Å². The van der Waals surface area contributed by atoms with Gasteiger partial charge in [-0.3, -0.25) is 0 Å². The molecule has 1 atom stereocenters. The third kappa shape index (κ3) is 3.48. The fourth-order valence-electron chi connectivity index (χ4n) is 1.68. The van der Waals surface area contributed by atoms with Gasteiger partial charge in [0.2, 0.25) is 0 Å². The summed E-state index contributed by atoms with van der Waals surface area (Å²) in [7, 11) is 0. The van der Waals surface area contributed by atoms with Crippen LogP contribution in [-0.4, -0.2) is 5.11 Å². The molecule has 0 amide bonds. The maximum Gasteiger partial charge on any atom is 0.0899 e. The Balaban J connectivity index is 1.98. The molecule has 0 saturated carbocycles. The van der Waals surface area contributed by atoms with Crippen molar-refractivity contribution in [2.75, 3.05) is 0 Å². The van der Waals surface area contributed by atoms with Crippen LogP contribution < -0.4 is 0 Å². The van der Waals surface area contributed by atoms with E-state index in [1.54, 1.807) is 0 Å². The molecule has 0 fully saturated rings. The molecular formula is C17H16O. The Morgan fingerprint density at radius 1 is 1.00 bits per heavy atom. The molecule has 1 heteroatoms. The minimum absolute atomic E-state index is 0.456. The molecule has 0 spiro atoms. The van der Waals surface area contributed by atoms with Gasteiger partial charge in [0.25, 0.3) is 0 Å². The lowest BCUT2D eigenvalue weighted by molar-refractivity contribution is 0.184. The van der Waals surface area contributed by atoms with Crippen LogP contribution >= 0.6 is 0 Å². The van der Waals surface area contributed by atoms with Crippen LogP contribution in [0.2, 0.25) is 0 Å². The molecule has 0 aliphatic heterocycles. The van der Waals surface area contributed by atoms with Crippen LogP contribution in [0.15, 0.2) is 54.6 Å². The molecule has 1 N–H and O–H groups in total. The smallest absolute Gasteiger partial charge is 0.0899 e. The second-order valence-corrected chi connectivity index (χ2v) is 4.30. The van der Waals surface area contributed by atoms with E-state index in [1.807, 2.05) is 54.6 Å². The standard InChI is InChI=1S/C17H16O/c1-14-10-12-15(13-11-14)6-5-9-17(18)16-7-3-2-4-8-16/h2-4,7-8,10-13,17-18H,9H2,1H3. The third-order valence-electron chi connectivity index (χ3n) is 2.76. The van der Waals surface area contributed by atoms with Gasteiger partial charge in [-0.25, -0.2) is 0 Å². The van der Waals surface area contributed by atoms with Crippen LogP contribution in [-0.2, 0) is 0 Å². The lowest BCUT2D eigenvalue weighted by atomic mass is 10.1. The van der Waals surface area contributed by atoms with Crippen molar-refractivity contribution >= 4 is 0 Å². The zero-order valence-electron chi connectivity index (χ0n) is 10.4. The van der Waals surface area contributed by atoms with E-state index in [0.29, 0.717) is 6.42 Å². The van der Waals surface area contributed by atoms with Crippen LogP contribution in [0.25, 0.3) is 0 Å². The highest BCUT2D eigenvalue weighted by atomic mass is 16.3. The van der Waals surface area contributed by atoms with Gasteiger partial charge >= 0.3 is 0 Å². The number of hydrogen-bond donors (Lipinski definition) is 1. The predicted molar refractivity (Wildman–Crippen MR) is 74.1 cm³/mol. The maximum atomic E-state index is 9.94. The third-order valence-corrected chi connectivity index (χ3v) is 2.76. The minimum atomic E-state index is -0.510. The second-order valence-electron chi connectivity index (χ2n) is 4.30. The van der Waals surface area contributed by atoms with E-state index in [0.717, 1.165) is 11.1 Å². The summed E-state index contributed by atoms with van der Waals surface area (Å²) >= 11 is 0. The molecule has 0 aromatic heterocycles. The van der Waals surface area contributed by atoms with Crippen LogP contribution in [0.1, 0.15) is 29.2 Å². The van der Waals surface area contributed by atoms with Crippen molar-refractivity contribution in [1.29, 1.82) is 0 Å². The van der Waals surface area contributed by atoms with Crippen LogP contribution in [0.3, 0.4) is 0 Å². The average molecular weight is 236 g/mol. The summed E-state index contributed by atoms with van der Waals surface area (Å²) in [6, 6.07) is 17.7. The maximum absolute atomic E-state index is 9.94. The highest BCUT2D eigenvalue weighted by Crippen LogP contribution is 2.14. The first-order chi connectivity index (χ1) is 8.75. The van der Waals surface area contributed by atoms with E-state index in [1.165, 1.54) is 5.56 Å². The molecule has 18 heavy (non-hydrogen) atoms. The van der Waals surface area contributed by atoms with Crippen molar-refractivity contribution in [3.63, 3.8) is 0 Å². The highest BCUT2D eigenvalue weighted by Gasteiger charge is 2.03. The van der Waals surface area contributed by atoms with Gasteiger partial charge in [-0.15, -0.1) is 0 Å². The fourth-order valence-corrected chi connectivity index (χ4v) is 1.68. The minimum Gasteiger partial charge on any atom is -0.387 e. The molecule has 0 heterocycles. The molecule has 0 saturated heterocycles. The lowest BCUT2D eigenvalue weighted by Gasteiger charge is -2.05. The van der Waals surface area contributed by atoms with Crippen molar-refractivity contribution in [1.82, 2.24) is 0 Å². The van der Waals surface area contributed by atoms with E-state index < -0.39 is 6.10 Å². The van der Waals surface area contributed by atoms with Crippen LogP contribution in [0.4, 0.5) is 0 Å². The fraction of sp³-hybridized carbons (Fsp3) is 0.176. The van der Waals surface area contributed by atoms with Crippen molar-refractivity contribution in [3.8, 4) is 11.8 Å². The number of aliphatic hydroxyl groups is 1. The zero-order chi connectivity index (χ0) is 12.8. The summed E-state index contributed by atoms with van der Waals surface area (Å²) < 4.78 is 0. The molecule has 0 aliphatic carbocycles. The van der Waals surface area contributed by atoms with Gasteiger partial charge in [0.1, 0.15) is 0 Å². The topological polar surface area (TPSA) is 20.2 Å². The van der Waals surface area contributed by atoms with E-state index in [4.69, 9.17) is 0 Å². The number of rotatable bonds is 2. The van der Waals surface area contributed by atoms with Gasteiger partial charge in [-0.05, 0) is 24.6 Å². The van der Waals surface area contributed by atoms with Gasteiger partial charge < -0.3 is 5.11 Å². The molecule has 90 valence electrons. The molecular weight excluding hydrogens is 220 g/mol. The highest BCUT2D eigenvalue weighted by molar-refractivity contribution is 5.36. The van der Waals surface area contributed by atoms with Crippen molar-refractivity contribution in [2.24, 2.45) is 0 Å². The van der Waals surface area contributed by atoms with Gasteiger partial charge in [-0.1, -0.05) is 59.9 Å². The van der Waals surface area contributed by atoms with E-state index in [2.05, 4.69) is 18.8 Å². The second kappa shape index (κ2) is 6.05. The number of hydrogen-bond acceptors (Lipinski definition) is 1. The Morgan fingerprint density at radius 2 is 1.67 bits per heavy atom. The summed E-state index contributed by atoms with van der Waals surface area (Å²) in [5.74, 6) is 6.08. The van der Waals surface area contributed by atoms with Crippen molar-refractivity contribution in [3.05, 3.63) is 71.3 Å². The largest absolute Gasteiger partial charge is 0.387 e. The van der Waals surface area contributed by atoms with Gasteiger partial charge in [0.05, 0.1) is 6.10 Å². The molecule has 1 nitrogen and oxygen atoms in total. The quantitative estimate of drug-likeness (QED) is 0.792. The monoisotopic (exact) mass is 236 g/mol. The van der Waals surface area contributed by atoms with Gasteiger partial charge in [0.15, 0.2) is 0 Å². The van der Waals surface area contributed by atoms with Crippen molar-refractivity contribution < 1.29 is 5.11 Å². The van der Waals surface area contributed by atoms with Gasteiger partial charge in [0, 0.05) is 12.0 Å². The van der Waals surface area contributed by atoms with E-state index >= 15 is 0 Å². The van der Waals surface area contributed by atoms with E-state index in [-0.39, 0.29) is 0 Å². The lowest BCUT2D eigenvalue weighted by Crippen LogP contribution is -1.94. The number of aliphatic hydroxyl groups excluding tert-OH is 1. The first-order valence-corrected chi connectivity index (χ1v) is 6.04. The Hall–Kier alpha value is -2.04. The van der Waals surface area contributed by atoms with Gasteiger partial charge in [-0.2, -0.15) is 0 Å². The molecule has 0 bridgehead atoms. The molecule has 2 aromatic rings. The molecule has 0 aliphatic rings. The Kier molecular flexibility index (Phi) is 4.17. The number of aryl methyl sites for hydroxylation is 1. The zero-order valence-corrected chi connectivity index (χ0v) is 10.4. The van der Waals surface area contributed by atoms with E-state index in [9.17, 15) is 5.11 Å².